The van der Waals surface area contributed by atoms with Crippen LogP contribution in [-0.4, -0.2) is 37.6 Å². The Labute approximate surface area is 171 Å². The highest BCUT2D eigenvalue weighted by Crippen LogP contribution is 2.21. The molecule has 0 spiro atoms. The number of carbonyl (C=O) groups excluding carboxylic acids is 2. The molecule has 2 aromatic rings. The molecule has 0 bridgehead atoms. The standard InChI is InChI=1S/C21H25N3O4S/c22-21(26)17-7-9-18(10-8-17)23-20(25)13-6-16-4-11-19(12-5-16)29(27,28)24-14-2-1-3-15-24/h4-5,7-12H,1-3,6,13-15H2,(H2,22,26)(H,23,25). The molecule has 1 fully saturated rings. The number of carbonyl (C=O) groups is 2. The first-order valence-electron chi connectivity index (χ1n) is 9.65. The van der Waals surface area contributed by atoms with Crippen LogP contribution in [0.15, 0.2) is 53.4 Å². The lowest BCUT2D eigenvalue weighted by molar-refractivity contribution is -0.116. The number of amides is 2. The molecule has 0 atom stereocenters. The molecule has 0 saturated carbocycles. The Morgan fingerprint density at radius 3 is 2.14 bits per heavy atom. The maximum atomic E-state index is 12.7. The fourth-order valence-electron chi connectivity index (χ4n) is 3.28. The summed E-state index contributed by atoms with van der Waals surface area (Å²) < 4.78 is 26.9. The van der Waals surface area contributed by atoms with Crippen LogP contribution < -0.4 is 11.1 Å². The van der Waals surface area contributed by atoms with Crippen LogP contribution in [0.2, 0.25) is 0 Å². The molecular weight excluding hydrogens is 390 g/mol. The van der Waals surface area contributed by atoms with Gasteiger partial charge in [0, 0.05) is 30.8 Å². The highest BCUT2D eigenvalue weighted by atomic mass is 32.2. The number of nitrogens with two attached hydrogens (primary N) is 1. The molecule has 2 aromatic carbocycles. The first-order valence-corrected chi connectivity index (χ1v) is 11.1. The largest absolute Gasteiger partial charge is 0.366 e. The number of aryl methyl sites for hydroxylation is 1. The van der Waals surface area contributed by atoms with Crippen molar-refractivity contribution in [1.82, 2.24) is 4.31 Å². The van der Waals surface area contributed by atoms with E-state index >= 15 is 0 Å². The van der Waals surface area contributed by atoms with Gasteiger partial charge in [-0.1, -0.05) is 18.6 Å². The Morgan fingerprint density at radius 1 is 0.931 bits per heavy atom. The molecule has 3 N–H and O–H groups in total. The molecule has 0 radical (unpaired) electrons. The molecule has 8 heteroatoms. The molecule has 1 heterocycles. The summed E-state index contributed by atoms with van der Waals surface area (Å²) in [6.07, 6.45) is 3.63. The van der Waals surface area contributed by atoms with Gasteiger partial charge in [-0.25, -0.2) is 8.42 Å². The minimum atomic E-state index is -3.44. The second-order valence-electron chi connectivity index (χ2n) is 7.10. The Balaban J connectivity index is 1.54. The van der Waals surface area contributed by atoms with Crippen molar-refractivity contribution in [3.8, 4) is 0 Å². The summed E-state index contributed by atoms with van der Waals surface area (Å²) in [4.78, 5) is 23.5. The quantitative estimate of drug-likeness (QED) is 0.724. The van der Waals surface area contributed by atoms with Gasteiger partial charge in [0.1, 0.15) is 0 Å². The summed E-state index contributed by atoms with van der Waals surface area (Å²) in [5.74, 6) is -0.685. The first-order chi connectivity index (χ1) is 13.9. The average Bonchev–Trinajstić information content (AvgIpc) is 2.73. The van der Waals surface area contributed by atoms with Crippen LogP contribution in [0.4, 0.5) is 5.69 Å². The van der Waals surface area contributed by atoms with E-state index in [-0.39, 0.29) is 12.3 Å². The second-order valence-corrected chi connectivity index (χ2v) is 9.04. The number of benzene rings is 2. The van der Waals surface area contributed by atoms with Gasteiger partial charge in [-0.3, -0.25) is 9.59 Å². The summed E-state index contributed by atoms with van der Waals surface area (Å²) in [5, 5.41) is 2.76. The van der Waals surface area contributed by atoms with Crippen LogP contribution in [-0.2, 0) is 21.2 Å². The van der Waals surface area contributed by atoms with Gasteiger partial charge in [-0.15, -0.1) is 0 Å². The molecule has 0 aliphatic carbocycles. The lowest BCUT2D eigenvalue weighted by Gasteiger charge is -2.25. The maximum absolute atomic E-state index is 12.7. The van der Waals surface area contributed by atoms with Gasteiger partial charge in [-0.2, -0.15) is 4.31 Å². The minimum Gasteiger partial charge on any atom is -0.366 e. The average molecular weight is 416 g/mol. The van der Waals surface area contributed by atoms with Crippen LogP contribution in [0.1, 0.15) is 41.6 Å². The van der Waals surface area contributed by atoms with Crippen LogP contribution in [0.25, 0.3) is 0 Å². The number of hydrogen-bond donors (Lipinski definition) is 2. The van der Waals surface area contributed by atoms with E-state index in [9.17, 15) is 18.0 Å². The number of sulfonamides is 1. The summed E-state index contributed by atoms with van der Waals surface area (Å²) >= 11 is 0. The van der Waals surface area contributed by atoms with Gasteiger partial charge >= 0.3 is 0 Å². The van der Waals surface area contributed by atoms with Crippen LogP contribution >= 0.6 is 0 Å². The number of nitrogens with zero attached hydrogens (tertiary/aromatic N) is 1. The number of anilines is 1. The highest BCUT2D eigenvalue weighted by molar-refractivity contribution is 7.89. The van der Waals surface area contributed by atoms with Crippen molar-refractivity contribution in [1.29, 1.82) is 0 Å². The number of rotatable bonds is 7. The predicted molar refractivity (Wildman–Crippen MR) is 111 cm³/mol. The first kappa shape index (κ1) is 21.0. The zero-order valence-electron chi connectivity index (χ0n) is 16.1. The molecule has 154 valence electrons. The molecule has 3 rings (SSSR count). The van der Waals surface area contributed by atoms with E-state index in [0.717, 1.165) is 24.8 Å². The molecule has 0 aromatic heterocycles. The van der Waals surface area contributed by atoms with E-state index in [1.807, 2.05) is 0 Å². The van der Waals surface area contributed by atoms with Gasteiger partial charge < -0.3 is 11.1 Å². The second kappa shape index (κ2) is 9.19. The van der Waals surface area contributed by atoms with Crippen molar-refractivity contribution >= 4 is 27.5 Å². The summed E-state index contributed by atoms with van der Waals surface area (Å²) in [6, 6.07) is 13.1. The maximum Gasteiger partial charge on any atom is 0.248 e. The van der Waals surface area contributed by atoms with Gasteiger partial charge in [0.05, 0.1) is 4.90 Å². The number of primary amides is 1. The zero-order chi connectivity index (χ0) is 20.9. The van der Waals surface area contributed by atoms with Gasteiger partial charge in [0.15, 0.2) is 0 Å². The fraction of sp³-hybridized carbons (Fsp3) is 0.333. The van der Waals surface area contributed by atoms with Crippen molar-refractivity contribution in [2.24, 2.45) is 5.73 Å². The molecule has 7 nitrogen and oxygen atoms in total. The monoisotopic (exact) mass is 415 g/mol. The van der Waals surface area contributed by atoms with E-state index in [2.05, 4.69) is 5.32 Å². The molecule has 0 unspecified atom stereocenters. The van der Waals surface area contributed by atoms with Crippen LogP contribution in [0.3, 0.4) is 0 Å². The summed E-state index contributed by atoms with van der Waals surface area (Å²) in [6.45, 7) is 1.15. The third kappa shape index (κ3) is 5.42. The Morgan fingerprint density at radius 2 is 1.55 bits per heavy atom. The Hall–Kier alpha value is -2.71. The van der Waals surface area contributed by atoms with E-state index < -0.39 is 15.9 Å². The van der Waals surface area contributed by atoms with Crippen molar-refractivity contribution in [3.05, 3.63) is 59.7 Å². The van der Waals surface area contributed by atoms with Crippen LogP contribution in [0.5, 0.6) is 0 Å². The minimum absolute atomic E-state index is 0.165. The smallest absolute Gasteiger partial charge is 0.248 e. The van der Waals surface area contributed by atoms with E-state index in [4.69, 9.17) is 5.73 Å². The fourth-order valence-corrected chi connectivity index (χ4v) is 4.80. The molecule has 1 aliphatic heterocycles. The van der Waals surface area contributed by atoms with E-state index in [1.165, 1.54) is 0 Å². The Bertz CT molecular complexity index is 964. The SMILES string of the molecule is NC(=O)c1ccc(NC(=O)CCc2ccc(S(=O)(=O)N3CCCCC3)cc2)cc1. The van der Waals surface area contributed by atoms with Gasteiger partial charge in [0.25, 0.3) is 0 Å². The van der Waals surface area contributed by atoms with Crippen molar-refractivity contribution in [2.45, 2.75) is 37.0 Å². The lowest BCUT2D eigenvalue weighted by Crippen LogP contribution is -2.35. The molecule has 2 amide bonds. The van der Waals surface area contributed by atoms with Crippen molar-refractivity contribution in [3.63, 3.8) is 0 Å². The summed E-state index contributed by atoms with van der Waals surface area (Å²) in [7, 11) is -3.44. The van der Waals surface area contributed by atoms with Crippen molar-refractivity contribution in [2.75, 3.05) is 18.4 Å². The summed E-state index contributed by atoms with van der Waals surface area (Å²) in [5.41, 5.74) is 7.04. The normalized spacial score (nSPS) is 15.0. The molecule has 1 aliphatic rings. The van der Waals surface area contributed by atoms with Crippen LogP contribution in [0, 0.1) is 0 Å². The zero-order valence-corrected chi connectivity index (χ0v) is 17.0. The van der Waals surface area contributed by atoms with Gasteiger partial charge in [-0.05, 0) is 61.2 Å². The van der Waals surface area contributed by atoms with E-state index in [1.54, 1.807) is 52.8 Å². The third-order valence-corrected chi connectivity index (χ3v) is 6.88. The lowest BCUT2D eigenvalue weighted by atomic mass is 10.1. The Kier molecular flexibility index (Phi) is 6.66. The molecule has 1 saturated heterocycles. The van der Waals surface area contributed by atoms with Crippen molar-refractivity contribution < 1.29 is 18.0 Å². The van der Waals surface area contributed by atoms with Gasteiger partial charge in [0.2, 0.25) is 21.8 Å². The predicted octanol–water partition coefficient (Wildman–Crippen LogP) is 2.53. The topological polar surface area (TPSA) is 110 Å². The third-order valence-electron chi connectivity index (χ3n) is 4.97. The molecular formula is C21H25N3O4S. The van der Waals surface area contributed by atoms with E-state index in [0.29, 0.717) is 35.7 Å². The number of hydrogen-bond acceptors (Lipinski definition) is 4. The number of piperidine rings is 1. The highest BCUT2D eigenvalue weighted by Gasteiger charge is 2.25. The number of nitrogens with one attached hydrogen (secondary N) is 1. The molecule has 29 heavy (non-hydrogen) atoms.